The molecule has 2 rings (SSSR count). The Labute approximate surface area is 129 Å². The summed E-state index contributed by atoms with van der Waals surface area (Å²) in [4.78, 5) is 5.84. The fourth-order valence-corrected chi connectivity index (χ4v) is 2.19. The van der Waals surface area contributed by atoms with Crippen molar-refractivity contribution in [1.82, 2.24) is 4.98 Å². The third kappa shape index (κ3) is 2.54. The summed E-state index contributed by atoms with van der Waals surface area (Å²) in [6.45, 7) is 0.279. The maximum Gasteiger partial charge on any atom is 0.150 e. The Bertz CT molecular complexity index is 819. The molecule has 0 amide bonds. The van der Waals surface area contributed by atoms with Crippen molar-refractivity contribution in [2.24, 2.45) is 0 Å². The summed E-state index contributed by atoms with van der Waals surface area (Å²) in [5.41, 5.74) is 7.61. The number of pyridine rings is 1. The molecule has 0 unspecified atom stereocenters. The number of benzene rings is 1. The van der Waals surface area contributed by atoms with Crippen molar-refractivity contribution in [3.8, 4) is 35.6 Å². The largest absolute Gasteiger partial charge is 0.383 e. The molecule has 1 aromatic carbocycles. The van der Waals surface area contributed by atoms with E-state index in [2.05, 4.69) is 17.0 Å². The van der Waals surface area contributed by atoms with Gasteiger partial charge in [-0.25, -0.2) is 4.98 Å². The first-order chi connectivity index (χ1) is 10.6. The number of nitriles is 2. The summed E-state index contributed by atoms with van der Waals surface area (Å²) >= 11 is 0. The third-order valence-electron chi connectivity index (χ3n) is 3.18. The summed E-state index contributed by atoms with van der Waals surface area (Å²) in [6, 6.07) is 13.3. The van der Waals surface area contributed by atoms with E-state index in [1.807, 2.05) is 36.4 Å². The maximum atomic E-state index is 9.57. The molecule has 0 spiro atoms. The van der Waals surface area contributed by atoms with Gasteiger partial charge in [0.2, 0.25) is 0 Å². The second kappa shape index (κ2) is 6.31. The Hall–Kier alpha value is -3.49. The van der Waals surface area contributed by atoms with E-state index >= 15 is 0 Å². The van der Waals surface area contributed by atoms with Crippen LogP contribution in [0.3, 0.4) is 0 Å². The molecule has 0 atom stereocenters. The normalized spacial score (nSPS) is 9.36. The van der Waals surface area contributed by atoms with E-state index in [0.29, 0.717) is 11.4 Å². The van der Waals surface area contributed by atoms with Crippen LogP contribution < -0.4 is 10.6 Å². The van der Waals surface area contributed by atoms with Crippen molar-refractivity contribution in [1.29, 1.82) is 10.5 Å². The van der Waals surface area contributed by atoms with Gasteiger partial charge in [0.05, 0.1) is 6.54 Å². The molecule has 22 heavy (non-hydrogen) atoms. The first-order valence-corrected chi connectivity index (χ1v) is 6.47. The van der Waals surface area contributed by atoms with Crippen LogP contribution in [0.5, 0.6) is 0 Å². The van der Waals surface area contributed by atoms with Crippen molar-refractivity contribution in [2.75, 3.05) is 24.2 Å². The molecule has 0 aliphatic carbocycles. The number of anilines is 2. The van der Waals surface area contributed by atoms with Crippen LogP contribution in [-0.4, -0.2) is 18.6 Å². The fraction of sp³-hybridized carbons (Fsp3) is 0.118. The molecule has 5 heteroatoms. The molecule has 0 bridgehead atoms. The SMILES string of the molecule is C#CCN(C)c1nc(N)c(C#N)c(-c2ccccc2)c1C#N. The highest BCUT2D eigenvalue weighted by atomic mass is 15.2. The summed E-state index contributed by atoms with van der Waals surface area (Å²) in [6.07, 6.45) is 5.32. The molecule has 0 radical (unpaired) electrons. The summed E-state index contributed by atoms with van der Waals surface area (Å²) in [5, 5.41) is 19.0. The van der Waals surface area contributed by atoms with E-state index in [-0.39, 0.29) is 23.5 Å². The molecule has 1 aromatic heterocycles. The van der Waals surface area contributed by atoms with Crippen LogP contribution in [-0.2, 0) is 0 Å². The van der Waals surface area contributed by atoms with Gasteiger partial charge in [0.15, 0.2) is 0 Å². The van der Waals surface area contributed by atoms with E-state index < -0.39 is 0 Å². The zero-order chi connectivity index (χ0) is 16.1. The van der Waals surface area contributed by atoms with Crippen molar-refractivity contribution in [3.05, 3.63) is 41.5 Å². The Balaban J connectivity index is 2.84. The van der Waals surface area contributed by atoms with Gasteiger partial charge in [-0.15, -0.1) is 6.42 Å². The fourth-order valence-electron chi connectivity index (χ4n) is 2.19. The number of aromatic nitrogens is 1. The molecule has 2 aromatic rings. The average Bonchev–Trinajstić information content (AvgIpc) is 2.54. The molecule has 106 valence electrons. The third-order valence-corrected chi connectivity index (χ3v) is 3.18. The molecule has 0 fully saturated rings. The summed E-state index contributed by atoms with van der Waals surface area (Å²) in [5.74, 6) is 2.95. The lowest BCUT2D eigenvalue weighted by Crippen LogP contribution is -2.21. The van der Waals surface area contributed by atoms with E-state index in [1.54, 1.807) is 11.9 Å². The molecule has 0 saturated carbocycles. The lowest BCUT2D eigenvalue weighted by atomic mass is 9.96. The van der Waals surface area contributed by atoms with Gasteiger partial charge in [0, 0.05) is 12.6 Å². The van der Waals surface area contributed by atoms with Crippen LogP contribution in [0.4, 0.5) is 11.6 Å². The Kier molecular flexibility index (Phi) is 4.27. The molecule has 2 N–H and O–H groups in total. The van der Waals surface area contributed by atoms with Gasteiger partial charge < -0.3 is 10.6 Å². The van der Waals surface area contributed by atoms with Crippen molar-refractivity contribution < 1.29 is 0 Å². The van der Waals surface area contributed by atoms with E-state index in [0.717, 1.165) is 5.56 Å². The minimum absolute atomic E-state index is 0.0826. The highest BCUT2D eigenvalue weighted by Crippen LogP contribution is 2.34. The molecule has 5 nitrogen and oxygen atoms in total. The number of hydrogen-bond donors (Lipinski definition) is 1. The Morgan fingerprint density at radius 3 is 2.36 bits per heavy atom. The number of nitrogen functional groups attached to an aromatic ring is 1. The van der Waals surface area contributed by atoms with Crippen LogP contribution in [0.1, 0.15) is 11.1 Å². The van der Waals surface area contributed by atoms with Gasteiger partial charge >= 0.3 is 0 Å². The van der Waals surface area contributed by atoms with Crippen LogP contribution in [0.25, 0.3) is 11.1 Å². The van der Waals surface area contributed by atoms with Gasteiger partial charge in [-0.3, -0.25) is 0 Å². The molecule has 0 saturated heterocycles. The first kappa shape index (κ1) is 14.9. The lowest BCUT2D eigenvalue weighted by molar-refractivity contribution is 1.00. The Morgan fingerprint density at radius 1 is 1.18 bits per heavy atom. The highest BCUT2D eigenvalue weighted by molar-refractivity contribution is 5.85. The van der Waals surface area contributed by atoms with E-state index in [1.165, 1.54) is 0 Å². The zero-order valence-electron chi connectivity index (χ0n) is 12.0. The molecular formula is C17H13N5. The lowest BCUT2D eigenvalue weighted by Gasteiger charge is -2.20. The first-order valence-electron chi connectivity index (χ1n) is 6.47. The number of hydrogen-bond acceptors (Lipinski definition) is 5. The predicted octanol–water partition coefficient (Wildman–Crippen LogP) is 2.14. The number of rotatable bonds is 3. The maximum absolute atomic E-state index is 9.57. The topological polar surface area (TPSA) is 89.7 Å². The zero-order valence-corrected chi connectivity index (χ0v) is 12.0. The second-order valence-electron chi connectivity index (χ2n) is 4.60. The van der Waals surface area contributed by atoms with Crippen molar-refractivity contribution in [3.63, 3.8) is 0 Å². The number of nitrogens with zero attached hydrogens (tertiary/aromatic N) is 4. The standard InChI is InChI=1S/C17H13N5/c1-3-9-22(2)17-14(11-19)15(12-7-5-4-6-8-12)13(10-18)16(20)21-17/h1,4-8H,9H2,2H3,(H2,20,21). The van der Waals surface area contributed by atoms with Crippen LogP contribution in [0.15, 0.2) is 30.3 Å². The van der Waals surface area contributed by atoms with Gasteiger partial charge in [-0.05, 0) is 5.56 Å². The highest BCUT2D eigenvalue weighted by Gasteiger charge is 2.21. The number of terminal acetylenes is 1. The van der Waals surface area contributed by atoms with Crippen LogP contribution in [0.2, 0.25) is 0 Å². The van der Waals surface area contributed by atoms with Crippen LogP contribution >= 0.6 is 0 Å². The van der Waals surface area contributed by atoms with E-state index in [4.69, 9.17) is 12.2 Å². The van der Waals surface area contributed by atoms with Gasteiger partial charge in [-0.1, -0.05) is 36.3 Å². The average molecular weight is 287 g/mol. The predicted molar refractivity (Wildman–Crippen MR) is 85.6 cm³/mol. The monoisotopic (exact) mass is 287 g/mol. The van der Waals surface area contributed by atoms with Gasteiger partial charge in [0.25, 0.3) is 0 Å². The number of nitrogens with two attached hydrogens (primary N) is 1. The summed E-state index contributed by atoms with van der Waals surface area (Å²) in [7, 11) is 1.73. The minimum Gasteiger partial charge on any atom is -0.383 e. The smallest absolute Gasteiger partial charge is 0.150 e. The van der Waals surface area contributed by atoms with Gasteiger partial charge in [-0.2, -0.15) is 10.5 Å². The molecule has 1 heterocycles. The quantitative estimate of drug-likeness (QED) is 0.873. The minimum atomic E-state index is 0.0826. The van der Waals surface area contributed by atoms with Crippen molar-refractivity contribution >= 4 is 11.6 Å². The molecule has 0 aliphatic heterocycles. The molecular weight excluding hydrogens is 274 g/mol. The molecule has 0 aliphatic rings. The summed E-state index contributed by atoms with van der Waals surface area (Å²) < 4.78 is 0. The van der Waals surface area contributed by atoms with Crippen molar-refractivity contribution in [2.45, 2.75) is 0 Å². The van der Waals surface area contributed by atoms with E-state index in [9.17, 15) is 10.5 Å². The second-order valence-corrected chi connectivity index (χ2v) is 4.60. The Morgan fingerprint density at radius 2 is 1.82 bits per heavy atom. The van der Waals surface area contributed by atoms with Crippen LogP contribution in [0, 0.1) is 35.0 Å². The van der Waals surface area contributed by atoms with Gasteiger partial charge in [0.1, 0.15) is 34.9 Å².